The van der Waals surface area contributed by atoms with Gasteiger partial charge >= 0.3 is 6.03 Å². The maximum atomic E-state index is 12.6. The average molecular weight is 454 g/mol. The van der Waals surface area contributed by atoms with E-state index in [2.05, 4.69) is 20.8 Å². The Hall–Kier alpha value is -4.46. The van der Waals surface area contributed by atoms with Crippen molar-refractivity contribution in [1.82, 2.24) is 10.1 Å². The summed E-state index contributed by atoms with van der Waals surface area (Å²) >= 11 is 0. The summed E-state index contributed by atoms with van der Waals surface area (Å²) in [6.07, 6.45) is 0.316. The van der Waals surface area contributed by atoms with Crippen LogP contribution in [-0.2, 0) is 4.79 Å². The number of carbonyl (C=O) groups excluding carboxylic acids is 2. The molecule has 1 aromatic heterocycles. The molecule has 0 saturated carbocycles. The Balaban J connectivity index is 1.27. The summed E-state index contributed by atoms with van der Waals surface area (Å²) in [6, 6.07) is 23.9. The van der Waals surface area contributed by atoms with Crippen LogP contribution >= 0.6 is 0 Å². The van der Waals surface area contributed by atoms with Crippen molar-refractivity contribution < 1.29 is 14.1 Å². The molecule has 0 bridgehead atoms. The van der Waals surface area contributed by atoms with Crippen LogP contribution in [0.5, 0.6) is 0 Å². The van der Waals surface area contributed by atoms with Crippen LogP contribution in [0.25, 0.3) is 11.4 Å². The van der Waals surface area contributed by atoms with E-state index in [0.29, 0.717) is 41.6 Å². The van der Waals surface area contributed by atoms with Crippen molar-refractivity contribution in [3.05, 3.63) is 90.3 Å². The predicted molar refractivity (Wildman–Crippen MR) is 130 cm³/mol. The lowest BCUT2D eigenvalue weighted by Crippen LogP contribution is -2.24. The number of nitrogens with one attached hydrogen (secondary N) is 2. The summed E-state index contributed by atoms with van der Waals surface area (Å²) in [6.45, 7) is 2.50. The van der Waals surface area contributed by atoms with Gasteiger partial charge in [0.05, 0.1) is 5.92 Å². The number of aryl methyl sites for hydroxylation is 1. The summed E-state index contributed by atoms with van der Waals surface area (Å²) in [5.74, 6) is 0.693. The molecule has 8 heteroatoms. The standard InChI is InChI=1S/C26H23N5O3/c1-17-10-12-22(13-11-17)31-16-19(15-23(31)32)25-29-24(30-34-25)18-6-5-9-21(14-18)28-26(33)27-20-7-3-2-4-8-20/h2-14,19H,15-16H2,1H3,(H2,27,28,33). The lowest BCUT2D eigenvalue weighted by molar-refractivity contribution is -0.117. The molecule has 1 unspecified atom stereocenters. The maximum absolute atomic E-state index is 12.6. The van der Waals surface area contributed by atoms with Crippen LogP contribution in [0.4, 0.5) is 21.9 Å². The number of hydrogen-bond acceptors (Lipinski definition) is 5. The molecule has 4 aromatic rings. The Morgan fingerprint density at radius 1 is 0.971 bits per heavy atom. The first kappa shape index (κ1) is 21.4. The van der Waals surface area contributed by atoms with Crippen LogP contribution in [0, 0.1) is 6.92 Å². The molecule has 3 amide bonds. The summed E-state index contributed by atoms with van der Waals surface area (Å²) in [5, 5.41) is 9.70. The number of anilines is 3. The number of aromatic nitrogens is 2. The number of carbonyl (C=O) groups is 2. The second kappa shape index (κ2) is 9.19. The van der Waals surface area contributed by atoms with Gasteiger partial charge in [-0.3, -0.25) is 4.79 Å². The molecule has 8 nitrogen and oxygen atoms in total. The Morgan fingerprint density at radius 2 is 1.71 bits per heavy atom. The van der Waals surface area contributed by atoms with Crippen LogP contribution in [0.1, 0.15) is 23.8 Å². The maximum Gasteiger partial charge on any atom is 0.323 e. The zero-order chi connectivity index (χ0) is 23.5. The second-order valence-corrected chi connectivity index (χ2v) is 8.22. The minimum atomic E-state index is -0.349. The Kier molecular flexibility index (Phi) is 5.78. The van der Waals surface area contributed by atoms with Crippen LogP contribution in [-0.4, -0.2) is 28.6 Å². The van der Waals surface area contributed by atoms with Crippen LogP contribution in [0.15, 0.2) is 83.4 Å². The van der Waals surface area contributed by atoms with Gasteiger partial charge in [-0.25, -0.2) is 4.79 Å². The molecule has 5 rings (SSSR count). The molecular formula is C26H23N5O3. The van der Waals surface area contributed by atoms with Crippen LogP contribution in [0.3, 0.4) is 0 Å². The van der Waals surface area contributed by atoms with E-state index in [1.807, 2.05) is 73.7 Å². The normalized spacial score (nSPS) is 15.4. The first-order valence-electron chi connectivity index (χ1n) is 11.0. The fourth-order valence-corrected chi connectivity index (χ4v) is 3.92. The minimum Gasteiger partial charge on any atom is -0.339 e. The van der Waals surface area contributed by atoms with Gasteiger partial charge < -0.3 is 20.1 Å². The average Bonchev–Trinajstić information content (AvgIpc) is 3.48. The highest BCUT2D eigenvalue weighted by Gasteiger charge is 2.35. The molecule has 2 heterocycles. The van der Waals surface area contributed by atoms with E-state index >= 15 is 0 Å². The van der Waals surface area contributed by atoms with Crippen molar-refractivity contribution in [3.8, 4) is 11.4 Å². The number of para-hydroxylation sites is 1. The van der Waals surface area contributed by atoms with Gasteiger partial charge in [-0.2, -0.15) is 4.98 Å². The fraction of sp³-hybridized carbons (Fsp3) is 0.154. The Morgan fingerprint density at radius 3 is 2.50 bits per heavy atom. The Labute approximate surface area is 196 Å². The van der Waals surface area contributed by atoms with Crippen molar-refractivity contribution in [2.75, 3.05) is 22.1 Å². The van der Waals surface area contributed by atoms with E-state index in [9.17, 15) is 9.59 Å². The number of amides is 3. The Bertz CT molecular complexity index is 1320. The van der Waals surface area contributed by atoms with Gasteiger partial charge in [-0.05, 0) is 43.3 Å². The van der Waals surface area contributed by atoms with Gasteiger partial charge in [0.1, 0.15) is 0 Å². The molecule has 1 aliphatic heterocycles. The second-order valence-electron chi connectivity index (χ2n) is 8.22. The van der Waals surface area contributed by atoms with Crippen LogP contribution in [0.2, 0.25) is 0 Å². The number of urea groups is 1. The number of hydrogen-bond donors (Lipinski definition) is 2. The smallest absolute Gasteiger partial charge is 0.323 e. The third-order valence-electron chi connectivity index (χ3n) is 5.67. The quantitative estimate of drug-likeness (QED) is 0.432. The SMILES string of the molecule is Cc1ccc(N2CC(c3nc(-c4cccc(NC(=O)Nc5ccccc5)c4)no3)CC2=O)cc1. The highest BCUT2D eigenvalue weighted by molar-refractivity contribution is 6.00. The van der Waals surface area contributed by atoms with Crippen molar-refractivity contribution in [1.29, 1.82) is 0 Å². The molecule has 170 valence electrons. The van der Waals surface area contributed by atoms with E-state index in [-0.39, 0.29) is 17.9 Å². The fourth-order valence-electron chi connectivity index (χ4n) is 3.92. The summed E-state index contributed by atoms with van der Waals surface area (Å²) < 4.78 is 5.51. The van der Waals surface area contributed by atoms with Crippen molar-refractivity contribution in [3.63, 3.8) is 0 Å². The molecule has 2 N–H and O–H groups in total. The molecule has 1 saturated heterocycles. The van der Waals surface area contributed by atoms with Crippen molar-refractivity contribution in [2.45, 2.75) is 19.3 Å². The lowest BCUT2D eigenvalue weighted by atomic mass is 10.1. The molecule has 3 aromatic carbocycles. The van der Waals surface area contributed by atoms with Gasteiger partial charge in [-0.1, -0.05) is 53.2 Å². The largest absolute Gasteiger partial charge is 0.339 e. The zero-order valence-electron chi connectivity index (χ0n) is 18.6. The van der Waals surface area contributed by atoms with Gasteiger partial charge in [0, 0.05) is 35.6 Å². The van der Waals surface area contributed by atoms with Gasteiger partial charge in [0.15, 0.2) is 0 Å². The molecular weight excluding hydrogens is 430 g/mol. The van der Waals surface area contributed by atoms with E-state index in [0.717, 1.165) is 11.3 Å². The first-order valence-corrected chi connectivity index (χ1v) is 11.0. The molecule has 0 radical (unpaired) electrons. The number of rotatable bonds is 5. The van der Waals surface area contributed by atoms with E-state index in [1.54, 1.807) is 17.0 Å². The van der Waals surface area contributed by atoms with E-state index in [4.69, 9.17) is 4.52 Å². The summed E-state index contributed by atoms with van der Waals surface area (Å²) in [4.78, 5) is 31.2. The van der Waals surface area contributed by atoms with Crippen molar-refractivity contribution in [2.24, 2.45) is 0 Å². The van der Waals surface area contributed by atoms with Gasteiger partial charge in [0.25, 0.3) is 0 Å². The molecule has 1 atom stereocenters. The molecule has 1 aliphatic rings. The number of benzene rings is 3. The molecule has 1 fully saturated rings. The first-order chi connectivity index (χ1) is 16.5. The van der Waals surface area contributed by atoms with Crippen molar-refractivity contribution >= 4 is 29.0 Å². The van der Waals surface area contributed by atoms with E-state index < -0.39 is 0 Å². The monoisotopic (exact) mass is 453 g/mol. The lowest BCUT2D eigenvalue weighted by Gasteiger charge is -2.16. The highest BCUT2D eigenvalue weighted by Crippen LogP contribution is 2.32. The highest BCUT2D eigenvalue weighted by atomic mass is 16.5. The summed E-state index contributed by atoms with van der Waals surface area (Å²) in [5.41, 5.74) is 4.00. The molecule has 0 aliphatic carbocycles. The third-order valence-corrected chi connectivity index (χ3v) is 5.67. The molecule has 0 spiro atoms. The predicted octanol–water partition coefficient (Wildman–Crippen LogP) is 5.21. The van der Waals surface area contributed by atoms with Gasteiger partial charge in [-0.15, -0.1) is 0 Å². The van der Waals surface area contributed by atoms with Crippen LogP contribution < -0.4 is 15.5 Å². The third kappa shape index (κ3) is 4.66. The zero-order valence-corrected chi connectivity index (χ0v) is 18.6. The van der Waals surface area contributed by atoms with Gasteiger partial charge in [0.2, 0.25) is 17.6 Å². The summed E-state index contributed by atoms with van der Waals surface area (Å²) in [7, 11) is 0. The van der Waals surface area contributed by atoms with E-state index in [1.165, 1.54) is 0 Å². The molecule has 34 heavy (non-hydrogen) atoms. The minimum absolute atomic E-state index is 0.0317. The number of nitrogens with zero attached hydrogens (tertiary/aromatic N) is 3. The topological polar surface area (TPSA) is 100 Å².